The molecule has 1 aromatic carbocycles. The molecule has 0 atom stereocenters. The van der Waals surface area contributed by atoms with Crippen LogP contribution in [0, 0.1) is 0 Å². The molecule has 0 heterocycles. The number of hydroxylamine groups is 1. The number of amides is 2. The minimum Gasteiger partial charge on any atom is -0.465 e. The van der Waals surface area contributed by atoms with Crippen LogP contribution in [-0.2, 0) is 16.2 Å². The summed E-state index contributed by atoms with van der Waals surface area (Å²) in [4.78, 5) is 25.9. The van der Waals surface area contributed by atoms with Crippen molar-refractivity contribution in [1.29, 1.82) is 0 Å². The lowest BCUT2D eigenvalue weighted by atomic mass is 10.2. The molecule has 0 aliphatic rings. The van der Waals surface area contributed by atoms with Gasteiger partial charge in [0.05, 0.1) is 6.61 Å². The van der Waals surface area contributed by atoms with E-state index in [1.54, 1.807) is 0 Å². The van der Waals surface area contributed by atoms with Gasteiger partial charge in [-0.2, -0.15) is 0 Å². The summed E-state index contributed by atoms with van der Waals surface area (Å²) in [6, 6.07) is 9.28. The molecule has 0 bridgehead atoms. The van der Waals surface area contributed by atoms with Gasteiger partial charge in [0.25, 0.3) is 5.91 Å². The highest BCUT2D eigenvalue weighted by atomic mass is 16.6. The molecular weight excluding hydrogens is 212 g/mol. The number of carboxylic acid groups (broad SMARTS) is 1. The SMILES string of the molecule is O=C(O)NCC(=O)NOCc1ccccc1. The van der Waals surface area contributed by atoms with Crippen molar-refractivity contribution >= 4 is 12.0 Å². The second kappa shape index (κ2) is 6.41. The van der Waals surface area contributed by atoms with Crippen molar-refractivity contribution in [3.63, 3.8) is 0 Å². The van der Waals surface area contributed by atoms with E-state index < -0.39 is 12.0 Å². The lowest BCUT2D eigenvalue weighted by Gasteiger charge is -2.05. The maximum Gasteiger partial charge on any atom is 0.405 e. The standard InChI is InChI=1S/C10H12N2O4/c13-9(6-11-10(14)15)12-16-7-8-4-2-1-3-5-8/h1-5,11H,6-7H2,(H,12,13)(H,14,15). The molecule has 0 spiro atoms. The first kappa shape index (κ1) is 12.0. The molecule has 0 aliphatic carbocycles. The van der Waals surface area contributed by atoms with Gasteiger partial charge >= 0.3 is 6.09 Å². The van der Waals surface area contributed by atoms with Crippen LogP contribution in [0.25, 0.3) is 0 Å². The molecule has 0 unspecified atom stereocenters. The third-order valence-electron chi connectivity index (χ3n) is 1.67. The van der Waals surface area contributed by atoms with Crippen LogP contribution in [0.3, 0.4) is 0 Å². The number of carbonyl (C=O) groups is 2. The van der Waals surface area contributed by atoms with E-state index in [-0.39, 0.29) is 13.2 Å². The average Bonchev–Trinajstić information content (AvgIpc) is 2.28. The molecule has 2 amide bonds. The van der Waals surface area contributed by atoms with Crippen LogP contribution < -0.4 is 10.8 Å². The summed E-state index contributed by atoms with van der Waals surface area (Å²) in [7, 11) is 0. The normalized spacial score (nSPS) is 9.50. The number of hydrogen-bond donors (Lipinski definition) is 3. The molecule has 3 N–H and O–H groups in total. The largest absolute Gasteiger partial charge is 0.465 e. The summed E-state index contributed by atoms with van der Waals surface area (Å²) in [6.45, 7) is -0.0935. The van der Waals surface area contributed by atoms with E-state index in [2.05, 4.69) is 5.48 Å². The maximum atomic E-state index is 11.0. The van der Waals surface area contributed by atoms with Crippen molar-refractivity contribution in [2.75, 3.05) is 6.54 Å². The van der Waals surface area contributed by atoms with Gasteiger partial charge in [-0.1, -0.05) is 30.3 Å². The molecule has 6 heteroatoms. The predicted octanol–water partition coefficient (Wildman–Crippen LogP) is 0.502. The minimum atomic E-state index is -1.25. The van der Waals surface area contributed by atoms with Crippen LogP contribution in [0.1, 0.15) is 5.56 Å². The van der Waals surface area contributed by atoms with E-state index in [1.165, 1.54) is 0 Å². The Morgan fingerprint density at radius 2 is 1.94 bits per heavy atom. The fraction of sp³-hybridized carbons (Fsp3) is 0.200. The molecule has 0 fully saturated rings. The highest BCUT2D eigenvalue weighted by Gasteiger charge is 2.02. The number of carbonyl (C=O) groups excluding carboxylic acids is 1. The van der Waals surface area contributed by atoms with Gasteiger partial charge in [0.2, 0.25) is 0 Å². The van der Waals surface area contributed by atoms with E-state index in [9.17, 15) is 9.59 Å². The first-order valence-electron chi connectivity index (χ1n) is 4.60. The Kier molecular flexibility index (Phi) is 4.81. The summed E-state index contributed by atoms with van der Waals surface area (Å²) < 4.78 is 0. The molecule has 0 saturated carbocycles. The molecule has 0 aromatic heterocycles. The van der Waals surface area contributed by atoms with Gasteiger partial charge in [-0.05, 0) is 5.56 Å². The summed E-state index contributed by atoms with van der Waals surface area (Å²) in [6.07, 6.45) is -1.25. The topological polar surface area (TPSA) is 87.7 Å². The second-order valence-electron chi connectivity index (χ2n) is 2.96. The highest BCUT2D eigenvalue weighted by molar-refractivity contribution is 5.80. The summed E-state index contributed by atoms with van der Waals surface area (Å²) in [5, 5.41) is 10.2. The molecule has 16 heavy (non-hydrogen) atoms. The van der Waals surface area contributed by atoms with E-state index in [1.807, 2.05) is 35.6 Å². The van der Waals surface area contributed by atoms with Gasteiger partial charge in [0, 0.05) is 0 Å². The molecular formula is C10H12N2O4. The van der Waals surface area contributed by atoms with Crippen molar-refractivity contribution in [3.05, 3.63) is 35.9 Å². The molecule has 6 nitrogen and oxygen atoms in total. The van der Waals surface area contributed by atoms with Gasteiger partial charge in [0.1, 0.15) is 6.54 Å². The van der Waals surface area contributed by atoms with Crippen molar-refractivity contribution in [3.8, 4) is 0 Å². The Morgan fingerprint density at radius 1 is 1.25 bits per heavy atom. The van der Waals surface area contributed by atoms with Gasteiger partial charge < -0.3 is 10.4 Å². The molecule has 86 valence electrons. The lowest BCUT2D eigenvalue weighted by Crippen LogP contribution is -2.36. The van der Waals surface area contributed by atoms with E-state index in [0.29, 0.717) is 0 Å². The monoisotopic (exact) mass is 224 g/mol. The van der Waals surface area contributed by atoms with Crippen LogP contribution in [0.4, 0.5) is 4.79 Å². The van der Waals surface area contributed by atoms with Crippen molar-refractivity contribution in [1.82, 2.24) is 10.8 Å². The molecule has 0 saturated heterocycles. The fourth-order valence-corrected chi connectivity index (χ4v) is 0.966. The molecule has 1 rings (SSSR count). The van der Waals surface area contributed by atoms with Crippen LogP contribution in [0.2, 0.25) is 0 Å². The first-order valence-corrected chi connectivity index (χ1v) is 4.60. The maximum absolute atomic E-state index is 11.0. The Morgan fingerprint density at radius 3 is 2.56 bits per heavy atom. The molecule has 0 aliphatic heterocycles. The third-order valence-corrected chi connectivity index (χ3v) is 1.67. The average molecular weight is 224 g/mol. The van der Waals surface area contributed by atoms with Gasteiger partial charge in [-0.25, -0.2) is 10.3 Å². The third kappa shape index (κ3) is 4.97. The van der Waals surface area contributed by atoms with E-state index in [4.69, 9.17) is 9.94 Å². The zero-order valence-corrected chi connectivity index (χ0v) is 8.47. The van der Waals surface area contributed by atoms with E-state index in [0.717, 1.165) is 5.56 Å². The molecule has 0 radical (unpaired) electrons. The molecule has 1 aromatic rings. The number of rotatable bonds is 5. The Balaban J connectivity index is 2.16. The number of nitrogens with one attached hydrogen (secondary N) is 2. The fourth-order valence-electron chi connectivity index (χ4n) is 0.966. The van der Waals surface area contributed by atoms with Crippen LogP contribution >= 0.6 is 0 Å². The second-order valence-corrected chi connectivity index (χ2v) is 2.96. The van der Waals surface area contributed by atoms with Gasteiger partial charge in [0.15, 0.2) is 0 Å². The van der Waals surface area contributed by atoms with Crippen LogP contribution in [-0.4, -0.2) is 23.7 Å². The number of hydrogen-bond acceptors (Lipinski definition) is 3. The lowest BCUT2D eigenvalue weighted by molar-refractivity contribution is -0.133. The predicted molar refractivity (Wildman–Crippen MR) is 55.4 cm³/mol. The zero-order valence-electron chi connectivity index (χ0n) is 8.47. The van der Waals surface area contributed by atoms with Gasteiger partial charge in [-0.15, -0.1) is 0 Å². The van der Waals surface area contributed by atoms with Crippen LogP contribution in [0.15, 0.2) is 30.3 Å². The minimum absolute atomic E-state index is 0.236. The summed E-state index contributed by atoms with van der Waals surface area (Å²) in [5.41, 5.74) is 3.03. The summed E-state index contributed by atoms with van der Waals surface area (Å²) in [5.74, 6) is -0.543. The van der Waals surface area contributed by atoms with E-state index >= 15 is 0 Å². The van der Waals surface area contributed by atoms with Crippen molar-refractivity contribution in [2.24, 2.45) is 0 Å². The van der Waals surface area contributed by atoms with Crippen molar-refractivity contribution < 1.29 is 19.5 Å². The Hall–Kier alpha value is -2.08. The Bertz CT molecular complexity index is 353. The van der Waals surface area contributed by atoms with Crippen LogP contribution in [0.5, 0.6) is 0 Å². The van der Waals surface area contributed by atoms with Crippen molar-refractivity contribution in [2.45, 2.75) is 6.61 Å². The van der Waals surface area contributed by atoms with Gasteiger partial charge in [-0.3, -0.25) is 9.63 Å². The Labute approximate surface area is 92.2 Å². The highest BCUT2D eigenvalue weighted by Crippen LogP contribution is 1.98. The zero-order chi connectivity index (χ0) is 11.8. The smallest absolute Gasteiger partial charge is 0.405 e. The number of benzene rings is 1. The quantitative estimate of drug-likeness (QED) is 0.635. The summed E-state index contributed by atoms with van der Waals surface area (Å²) >= 11 is 0. The first-order chi connectivity index (χ1) is 7.68.